The van der Waals surface area contributed by atoms with Crippen LogP contribution in [0.4, 0.5) is 0 Å². The van der Waals surface area contributed by atoms with Gasteiger partial charge in [0.1, 0.15) is 5.82 Å². The molecule has 3 rings (SSSR count). The maximum absolute atomic E-state index is 12.2. The Morgan fingerprint density at radius 1 is 1.48 bits per heavy atom. The SMILES string of the molecule is CO[C@@H]1CN(C)C[C@H]1NC(=O)Cc1nc2nc(C)cc(=O)n2[nH]1. The Morgan fingerprint density at radius 2 is 2.26 bits per heavy atom. The minimum Gasteiger partial charge on any atom is -0.378 e. The van der Waals surface area contributed by atoms with Gasteiger partial charge >= 0.3 is 0 Å². The first-order chi connectivity index (χ1) is 11.0. The lowest BCUT2D eigenvalue weighted by Crippen LogP contribution is -2.44. The number of aromatic amines is 1. The first-order valence-corrected chi connectivity index (χ1v) is 7.42. The van der Waals surface area contributed by atoms with Gasteiger partial charge in [-0.25, -0.2) is 4.98 Å². The number of methoxy groups -OCH3 is 1. The highest BCUT2D eigenvalue weighted by Gasteiger charge is 2.32. The summed E-state index contributed by atoms with van der Waals surface area (Å²) in [5, 5.41) is 5.76. The van der Waals surface area contributed by atoms with Crippen LogP contribution in [0.5, 0.6) is 0 Å². The molecule has 0 aliphatic carbocycles. The third kappa shape index (κ3) is 3.25. The van der Waals surface area contributed by atoms with E-state index in [1.165, 1.54) is 10.6 Å². The Kier molecular flexibility index (Phi) is 4.14. The number of fused-ring (bicyclic) bond motifs is 1. The van der Waals surface area contributed by atoms with Crippen molar-refractivity contribution >= 4 is 11.7 Å². The fraction of sp³-hybridized carbons (Fsp3) is 0.571. The molecule has 0 saturated carbocycles. The number of nitrogens with one attached hydrogen (secondary N) is 2. The highest BCUT2D eigenvalue weighted by molar-refractivity contribution is 5.78. The number of rotatable bonds is 4. The summed E-state index contributed by atoms with van der Waals surface area (Å²) in [6.45, 7) is 3.25. The molecule has 0 bridgehead atoms. The van der Waals surface area contributed by atoms with Crippen molar-refractivity contribution in [1.82, 2.24) is 29.8 Å². The molecule has 0 aromatic carbocycles. The molecule has 1 saturated heterocycles. The molecule has 1 aliphatic heterocycles. The van der Waals surface area contributed by atoms with Crippen LogP contribution in [0.15, 0.2) is 10.9 Å². The first kappa shape index (κ1) is 15.6. The number of hydrogen-bond acceptors (Lipinski definition) is 6. The Morgan fingerprint density at radius 3 is 3.00 bits per heavy atom. The average Bonchev–Trinajstić information content (AvgIpc) is 3.01. The van der Waals surface area contributed by atoms with Gasteiger partial charge in [0.15, 0.2) is 0 Å². The first-order valence-electron chi connectivity index (χ1n) is 7.42. The number of likely N-dealkylation sites (tertiary alicyclic amines) is 1. The van der Waals surface area contributed by atoms with Gasteiger partial charge in [-0.2, -0.15) is 9.50 Å². The lowest BCUT2D eigenvalue weighted by Gasteiger charge is -2.18. The van der Waals surface area contributed by atoms with E-state index in [4.69, 9.17) is 4.74 Å². The highest BCUT2D eigenvalue weighted by atomic mass is 16.5. The van der Waals surface area contributed by atoms with Crippen molar-refractivity contribution in [3.8, 4) is 0 Å². The van der Waals surface area contributed by atoms with Crippen molar-refractivity contribution in [2.75, 3.05) is 27.2 Å². The number of aromatic nitrogens is 4. The van der Waals surface area contributed by atoms with Gasteiger partial charge in [-0.05, 0) is 14.0 Å². The van der Waals surface area contributed by atoms with E-state index in [0.717, 1.165) is 13.1 Å². The van der Waals surface area contributed by atoms with Gasteiger partial charge in [-0.15, -0.1) is 0 Å². The van der Waals surface area contributed by atoms with Crippen LogP contribution in [-0.4, -0.2) is 69.8 Å². The topological polar surface area (TPSA) is 105 Å². The molecule has 2 aromatic rings. The van der Waals surface area contributed by atoms with E-state index in [2.05, 4.69) is 25.3 Å². The zero-order valence-electron chi connectivity index (χ0n) is 13.4. The summed E-state index contributed by atoms with van der Waals surface area (Å²) in [6.07, 6.45) is 0.0324. The van der Waals surface area contributed by atoms with Crippen molar-refractivity contribution in [3.05, 3.63) is 27.9 Å². The molecule has 0 radical (unpaired) electrons. The largest absolute Gasteiger partial charge is 0.378 e. The van der Waals surface area contributed by atoms with Gasteiger partial charge < -0.3 is 15.0 Å². The molecule has 2 atom stereocenters. The molecule has 0 unspecified atom stereocenters. The molecule has 9 heteroatoms. The third-order valence-corrected chi connectivity index (χ3v) is 3.93. The maximum Gasteiger partial charge on any atom is 0.274 e. The smallest absolute Gasteiger partial charge is 0.274 e. The predicted octanol–water partition coefficient (Wildman–Crippen LogP) is -1.29. The summed E-state index contributed by atoms with van der Waals surface area (Å²) in [4.78, 5) is 34.5. The second kappa shape index (κ2) is 6.09. The van der Waals surface area contributed by atoms with Crippen LogP contribution in [0.1, 0.15) is 11.5 Å². The van der Waals surface area contributed by atoms with Crippen LogP contribution in [0, 0.1) is 6.92 Å². The summed E-state index contributed by atoms with van der Waals surface area (Å²) in [5.41, 5.74) is 0.345. The van der Waals surface area contributed by atoms with Crippen molar-refractivity contribution in [2.45, 2.75) is 25.5 Å². The number of aryl methyl sites for hydroxylation is 1. The van der Waals surface area contributed by atoms with E-state index < -0.39 is 0 Å². The van der Waals surface area contributed by atoms with E-state index in [1.54, 1.807) is 14.0 Å². The molecule has 9 nitrogen and oxygen atoms in total. The van der Waals surface area contributed by atoms with Gasteiger partial charge in [-0.1, -0.05) is 0 Å². The summed E-state index contributed by atoms with van der Waals surface area (Å²) in [7, 11) is 3.63. The van der Waals surface area contributed by atoms with Crippen LogP contribution in [0.2, 0.25) is 0 Å². The van der Waals surface area contributed by atoms with Crippen LogP contribution >= 0.6 is 0 Å². The molecule has 2 N–H and O–H groups in total. The molecule has 124 valence electrons. The van der Waals surface area contributed by atoms with Gasteiger partial charge in [0, 0.05) is 32.0 Å². The monoisotopic (exact) mass is 320 g/mol. The van der Waals surface area contributed by atoms with E-state index in [0.29, 0.717) is 11.5 Å². The normalized spacial score (nSPS) is 21.9. The number of nitrogens with zero attached hydrogens (tertiary/aromatic N) is 4. The zero-order chi connectivity index (χ0) is 16.6. The Hall–Kier alpha value is -2.26. The molecule has 23 heavy (non-hydrogen) atoms. The highest BCUT2D eigenvalue weighted by Crippen LogP contribution is 2.11. The number of amides is 1. The van der Waals surface area contributed by atoms with Crippen LogP contribution < -0.4 is 10.9 Å². The van der Waals surface area contributed by atoms with Gasteiger partial charge in [0.05, 0.1) is 18.6 Å². The standard InChI is InChI=1S/C14H20N6O3/c1-8-4-13(22)20-14(15-8)17-11(18-20)5-12(21)16-9-6-19(2)7-10(9)23-3/h4,9-10H,5-7H2,1-3H3,(H,16,21)(H,15,17,18)/t9-,10-/m1/s1. The fourth-order valence-corrected chi connectivity index (χ4v) is 2.87. The number of hydrogen-bond donors (Lipinski definition) is 2. The molecule has 3 heterocycles. The van der Waals surface area contributed by atoms with Crippen molar-refractivity contribution in [2.24, 2.45) is 0 Å². The van der Waals surface area contributed by atoms with E-state index in [9.17, 15) is 9.59 Å². The molecule has 1 fully saturated rings. The van der Waals surface area contributed by atoms with Crippen LogP contribution in [0.3, 0.4) is 0 Å². The molecule has 0 spiro atoms. The van der Waals surface area contributed by atoms with Crippen molar-refractivity contribution in [3.63, 3.8) is 0 Å². The van der Waals surface area contributed by atoms with Crippen LogP contribution in [0.25, 0.3) is 5.78 Å². The Balaban J connectivity index is 1.71. The minimum absolute atomic E-state index is 0.0217. The number of ether oxygens (including phenoxy) is 1. The van der Waals surface area contributed by atoms with E-state index >= 15 is 0 Å². The lowest BCUT2D eigenvalue weighted by molar-refractivity contribution is -0.121. The summed E-state index contributed by atoms with van der Waals surface area (Å²) in [5.74, 6) is 0.502. The van der Waals surface area contributed by atoms with Gasteiger partial charge in [-0.3, -0.25) is 14.7 Å². The van der Waals surface area contributed by atoms with E-state index in [1.807, 2.05) is 7.05 Å². The number of H-pyrrole nitrogens is 1. The number of likely N-dealkylation sites (N-methyl/N-ethyl adjacent to an activating group) is 1. The van der Waals surface area contributed by atoms with Gasteiger partial charge in [0.2, 0.25) is 5.91 Å². The molecule has 2 aromatic heterocycles. The summed E-state index contributed by atoms with van der Waals surface area (Å²) < 4.78 is 6.62. The Labute approximate surface area is 132 Å². The number of carbonyl (C=O) groups is 1. The minimum atomic E-state index is -0.247. The maximum atomic E-state index is 12.2. The molecule has 1 amide bonds. The number of carbonyl (C=O) groups excluding carboxylic acids is 1. The van der Waals surface area contributed by atoms with Crippen molar-refractivity contribution in [1.29, 1.82) is 0 Å². The van der Waals surface area contributed by atoms with E-state index in [-0.39, 0.29) is 35.8 Å². The fourth-order valence-electron chi connectivity index (χ4n) is 2.87. The third-order valence-electron chi connectivity index (χ3n) is 3.93. The van der Waals surface area contributed by atoms with Crippen molar-refractivity contribution < 1.29 is 9.53 Å². The summed E-state index contributed by atoms with van der Waals surface area (Å²) in [6, 6.07) is 1.36. The molecular formula is C14H20N6O3. The second-order valence-corrected chi connectivity index (χ2v) is 5.89. The quantitative estimate of drug-likeness (QED) is 0.727. The second-order valence-electron chi connectivity index (χ2n) is 5.89. The Bertz CT molecular complexity index is 782. The average molecular weight is 320 g/mol. The molecule has 1 aliphatic rings. The lowest BCUT2D eigenvalue weighted by atomic mass is 10.2. The predicted molar refractivity (Wildman–Crippen MR) is 82.3 cm³/mol. The van der Waals surface area contributed by atoms with Gasteiger partial charge in [0.25, 0.3) is 11.3 Å². The van der Waals surface area contributed by atoms with Crippen LogP contribution in [-0.2, 0) is 16.0 Å². The summed E-state index contributed by atoms with van der Waals surface area (Å²) >= 11 is 0. The zero-order valence-corrected chi connectivity index (χ0v) is 13.4. The molecular weight excluding hydrogens is 300 g/mol.